The number of halogens is 1. The summed E-state index contributed by atoms with van der Waals surface area (Å²) in [5.74, 6) is 0.127. The number of aromatic nitrogens is 1. The van der Waals surface area contributed by atoms with Gasteiger partial charge in [-0.2, -0.15) is 15.3 Å². The summed E-state index contributed by atoms with van der Waals surface area (Å²) in [6, 6.07) is 9.75. The number of amides is 2. The van der Waals surface area contributed by atoms with Gasteiger partial charge >= 0.3 is 6.03 Å². The molecule has 0 atom stereocenters. The number of hydrogen-bond acceptors (Lipinski definition) is 6. The lowest BCUT2D eigenvalue weighted by Gasteiger charge is -2.42. The van der Waals surface area contributed by atoms with Crippen LogP contribution < -0.4 is 10.2 Å². The number of hydrogen-bond donors (Lipinski definition) is 2. The van der Waals surface area contributed by atoms with Crippen LogP contribution in [0.3, 0.4) is 0 Å². The summed E-state index contributed by atoms with van der Waals surface area (Å²) in [5.41, 5.74) is 1.32. The molecule has 8 nitrogen and oxygen atoms in total. The zero-order chi connectivity index (χ0) is 22.0. The minimum Gasteiger partial charge on any atom is -0.493 e. The van der Waals surface area contributed by atoms with Gasteiger partial charge in [-0.3, -0.25) is 5.01 Å². The van der Waals surface area contributed by atoms with Gasteiger partial charge in [0.1, 0.15) is 11.6 Å². The average molecular weight is 424 g/mol. The maximum absolute atomic E-state index is 14.3. The Labute approximate surface area is 180 Å². The van der Waals surface area contributed by atoms with Crippen LogP contribution in [0.25, 0.3) is 0 Å². The fraction of sp³-hybridized carbons (Fsp3) is 0.409. The number of nitriles is 1. The number of benzene rings is 1. The first kappa shape index (κ1) is 20.9. The molecule has 9 heteroatoms. The van der Waals surface area contributed by atoms with Crippen molar-refractivity contribution in [3.63, 3.8) is 0 Å². The van der Waals surface area contributed by atoms with E-state index in [-0.39, 0.29) is 24.5 Å². The van der Waals surface area contributed by atoms with Gasteiger partial charge in [-0.05, 0) is 43.9 Å². The van der Waals surface area contributed by atoms with Crippen LogP contribution in [0.15, 0.2) is 30.3 Å². The molecular weight excluding hydrogens is 399 g/mol. The van der Waals surface area contributed by atoms with Gasteiger partial charge in [0.25, 0.3) is 0 Å². The van der Waals surface area contributed by atoms with E-state index in [9.17, 15) is 14.3 Å². The van der Waals surface area contributed by atoms with E-state index in [1.807, 2.05) is 22.0 Å². The Balaban J connectivity index is 1.44. The molecule has 1 aliphatic carbocycles. The molecule has 1 saturated carbocycles. The lowest BCUT2D eigenvalue weighted by molar-refractivity contribution is -0.00460. The molecule has 0 unspecified atom stereocenters. The molecular formula is C22H25FN6O2. The number of nitrogens with zero attached hydrogens (tertiary/aromatic N) is 5. The lowest BCUT2D eigenvalue weighted by atomic mass is 10.1. The van der Waals surface area contributed by atoms with Crippen molar-refractivity contribution >= 4 is 11.8 Å². The van der Waals surface area contributed by atoms with E-state index in [1.165, 1.54) is 12.1 Å². The monoisotopic (exact) mass is 424 g/mol. The van der Waals surface area contributed by atoms with Gasteiger partial charge in [-0.15, -0.1) is 0 Å². The van der Waals surface area contributed by atoms with Crippen molar-refractivity contribution in [3.8, 4) is 11.9 Å². The molecule has 2 amide bonds. The van der Waals surface area contributed by atoms with Crippen molar-refractivity contribution in [1.82, 2.24) is 20.3 Å². The van der Waals surface area contributed by atoms with Gasteiger partial charge < -0.3 is 15.3 Å². The number of aromatic hydroxyl groups is 1. The third-order valence-electron chi connectivity index (χ3n) is 5.57. The standard InChI is InChI=1S/C22H25FN6O2/c1-15-10-17(19(23)11-16(15)12-24)13-25-22(31)29(18-6-7-18)28-9-3-8-27(14-28)20-4-2-5-21(30)26-20/h2,4-5,10-11,18H,3,6-9,13-14H2,1H3,(H,25,31)(H,26,30). The number of carbonyl (C=O) groups excluding carboxylic acids is 1. The van der Waals surface area contributed by atoms with Crippen LogP contribution in [0.1, 0.15) is 36.0 Å². The normalized spacial score (nSPS) is 16.6. The molecule has 31 heavy (non-hydrogen) atoms. The maximum Gasteiger partial charge on any atom is 0.332 e. The Morgan fingerprint density at radius 2 is 2.19 bits per heavy atom. The number of aryl methyl sites for hydroxylation is 1. The van der Waals surface area contributed by atoms with Gasteiger partial charge in [0.2, 0.25) is 5.88 Å². The molecule has 1 aliphatic heterocycles. The van der Waals surface area contributed by atoms with Crippen molar-refractivity contribution in [1.29, 1.82) is 5.26 Å². The predicted molar refractivity (Wildman–Crippen MR) is 112 cm³/mol. The lowest BCUT2D eigenvalue weighted by Crippen LogP contribution is -2.58. The number of pyridine rings is 1. The number of carbonyl (C=O) groups is 1. The zero-order valence-corrected chi connectivity index (χ0v) is 17.4. The van der Waals surface area contributed by atoms with E-state index in [4.69, 9.17) is 5.26 Å². The van der Waals surface area contributed by atoms with Crippen LogP contribution in [0, 0.1) is 24.1 Å². The number of hydrazine groups is 1. The summed E-state index contributed by atoms with van der Waals surface area (Å²) < 4.78 is 14.3. The Bertz CT molecular complexity index is 1020. The summed E-state index contributed by atoms with van der Waals surface area (Å²) in [4.78, 5) is 19.2. The van der Waals surface area contributed by atoms with Crippen LogP contribution in [0.4, 0.5) is 15.0 Å². The smallest absolute Gasteiger partial charge is 0.332 e. The molecule has 0 radical (unpaired) electrons. The fourth-order valence-corrected chi connectivity index (χ4v) is 3.83. The predicted octanol–water partition coefficient (Wildman–Crippen LogP) is 2.87. The highest BCUT2D eigenvalue weighted by Crippen LogP contribution is 2.30. The minimum atomic E-state index is -0.500. The van der Waals surface area contributed by atoms with Crippen molar-refractivity contribution < 1.29 is 14.3 Å². The fourth-order valence-electron chi connectivity index (χ4n) is 3.83. The molecule has 162 valence electrons. The molecule has 1 saturated heterocycles. The van der Waals surface area contributed by atoms with Gasteiger partial charge in [0.15, 0.2) is 0 Å². The molecule has 0 spiro atoms. The van der Waals surface area contributed by atoms with Crippen LogP contribution in [-0.4, -0.2) is 51.9 Å². The SMILES string of the molecule is Cc1cc(CNC(=O)N(C2CC2)N2CCCN(c3cccc(O)n3)C2)c(F)cc1C#N. The maximum atomic E-state index is 14.3. The second-order valence-electron chi connectivity index (χ2n) is 7.95. The van der Waals surface area contributed by atoms with Crippen LogP contribution >= 0.6 is 0 Å². The van der Waals surface area contributed by atoms with Crippen LogP contribution in [-0.2, 0) is 6.54 Å². The van der Waals surface area contributed by atoms with Gasteiger partial charge in [-0.1, -0.05) is 12.1 Å². The van der Waals surface area contributed by atoms with E-state index >= 15 is 0 Å². The topological polar surface area (TPSA) is 95.7 Å². The van der Waals surface area contributed by atoms with Crippen molar-refractivity contribution in [2.75, 3.05) is 24.7 Å². The second-order valence-corrected chi connectivity index (χ2v) is 7.95. The highest BCUT2D eigenvalue weighted by atomic mass is 19.1. The van der Waals surface area contributed by atoms with Crippen molar-refractivity contribution in [2.24, 2.45) is 0 Å². The quantitative estimate of drug-likeness (QED) is 0.766. The summed E-state index contributed by atoms with van der Waals surface area (Å²) >= 11 is 0. The Hall–Kier alpha value is -3.38. The van der Waals surface area contributed by atoms with E-state index in [1.54, 1.807) is 24.1 Å². The molecule has 2 aliphatic rings. The third-order valence-corrected chi connectivity index (χ3v) is 5.57. The molecule has 2 fully saturated rings. The Morgan fingerprint density at radius 3 is 2.90 bits per heavy atom. The Morgan fingerprint density at radius 1 is 1.39 bits per heavy atom. The van der Waals surface area contributed by atoms with Crippen LogP contribution in [0.5, 0.6) is 5.88 Å². The number of nitrogens with one attached hydrogen (secondary N) is 1. The largest absolute Gasteiger partial charge is 0.493 e. The molecule has 1 aromatic heterocycles. The van der Waals surface area contributed by atoms with E-state index in [0.717, 1.165) is 32.4 Å². The summed E-state index contributed by atoms with van der Waals surface area (Å²) in [5, 5.41) is 25.3. The van der Waals surface area contributed by atoms with E-state index < -0.39 is 5.82 Å². The summed E-state index contributed by atoms with van der Waals surface area (Å²) in [7, 11) is 0. The second kappa shape index (κ2) is 8.78. The number of rotatable bonds is 5. The zero-order valence-electron chi connectivity index (χ0n) is 17.4. The first-order chi connectivity index (χ1) is 15.0. The van der Waals surface area contributed by atoms with E-state index in [0.29, 0.717) is 29.2 Å². The first-order valence-corrected chi connectivity index (χ1v) is 10.4. The Kier molecular flexibility index (Phi) is 5.91. The summed E-state index contributed by atoms with van der Waals surface area (Å²) in [6.45, 7) is 3.78. The first-order valence-electron chi connectivity index (χ1n) is 10.4. The highest BCUT2D eigenvalue weighted by molar-refractivity contribution is 5.74. The molecule has 4 rings (SSSR count). The molecule has 0 bridgehead atoms. The van der Waals surface area contributed by atoms with Gasteiger partial charge in [0, 0.05) is 31.3 Å². The summed E-state index contributed by atoms with van der Waals surface area (Å²) in [6.07, 6.45) is 2.70. The molecule has 2 aromatic rings. The molecule has 2 heterocycles. The third kappa shape index (κ3) is 4.70. The number of anilines is 1. The van der Waals surface area contributed by atoms with Gasteiger partial charge in [-0.25, -0.2) is 9.18 Å². The highest BCUT2D eigenvalue weighted by Gasteiger charge is 2.38. The van der Waals surface area contributed by atoms with Crippen molar-refractivity contribution in [3.05, 3.63) is 52.8 Å². The molecule has 1 aromatic carbocycles. The molecule has 2 N–H and O–H groups in total. The van der Waals surface area contributed by atoms with Gasteiger partial charge in [0.05, 0.1) is 24.3 Å². The number of urea groups is 1. The van der Waals surface area contributed by atoms with E-state index in [2.05, 4.69) is 10.3 Å². The average Bonchev–Trinajstić information content (AvgIpc) is 3.59. The van der Waals surface area contributed by atoms with Crippen LogP contribution in [0.2, 0.25) is 0 Å². The van der Waals surface area contributed by atoms with Crippen molar-refractivity contribution in [2.45, 2.75) is 38.8 Å². The minimum absolute atomic E-state index is 0.0360.